The number of hydrogen-bond acceptors (Lipinski definition) is 5. The number of nitrogens with zero attached hydrogens (tertiary/aromatic N) is 2. The number of nitrogen functional groups attached to an aromatic ring is 1. The summed E-state index contributed by atoms with van der Waals surface area (Å²) in [5, 5.41) is 3.91. The lowest BCUT2D eigenvalue weighted by atomic mass is 10.2. The Hall–Kier alpha value is -1.40. The molecule has 0 aliphatic carbocycles. The lowest BCUT2D eigenvalue weighted by Gasteiger charge is -2.04. The zero-order valence-corrected chi connectivity index (χ0v) is 11.8. The summed E-state index contributed by atoms with van der Waals surface area (Å²) in [4.78, 5) is 4.31. The summed E-state index contributed by atoms with van der Waals surface area (Å²) in [6.07, 6.45) is 0.661. The van der Waals surface area contributed by atoms with Gasteiger partial charge in [-0.15, -0.1) is 0 Å². The van der Waals surface area contributed by atoms with Crippen LogP contribution in [0.25, 0.3) is 11.5 Å². The normalized spacial score (nSPS) is 12.6. The van der Waals surface area contributed by atoms with E-state index >= 15 is 0 Å². The van der Waals surface area contributed by atoms with Gasteiger partial charge in [-0.2, -0.15) is 4.98 Å². The van der Waals surface area contributed by atoms with Crippen LogP contribution in [0, 0.1) is 0 Å². The number of rotatable bonds is 4. The first kappa shape index (κ1) is 13.0. The van der Waals surface area contributed by atoms with Crippen molar-refractivity contribution in [3.05, 3.63) is 28.5 Å². The van der Waals surface area contributed by atoms with E-state index in [2.05, 4.69) is 26.1 Å². The number of nitrogens with two attached hydrogens (primary N) is 1. The van der Waals surface area contributed by atoms with Gasteiger partial charge in [-0.3, -0.25) is 0 Å². The van der Waals surface area contributed by atoms with E-state index in [1.54, 1.807) is 13.2 Å². The van der Waals surface area contributed by atoms with Crippen LogP contribution < -0.4 is 5.73 Å². The van der Waals surface area contributed by atoms with Crippen molar-refractivity contribution in [1.82, 2.24) is 10.1 Å². The minimum atomic E-state index is 0.0534. The maximum atomic E-state index is 5.91. The summed E-state index contributed by atoms with van der Waals surface area (Å²) in [5.41, 5.74) is 7.24. The molecular formula is C12H14BrN3O2. The molecule has 96 valence electrons. The molecule has 0 saturated carbocycles. The summed E-state index contributed by atoms with van der Waals surface area (Å²) < 4.78 is 11.3. The Balaban J connectivity index is 2.24. The minimum absolute atomic E-state index is 0.0534. The Labute approximate surface area is 113 Å². The second kappa shape index (κ2) is 5.49. The molecule has 1 aromatic heterocycles. The number of benzene rings is 1. The molecule has 0 bridgehead atoms. The summed E-state index contributed by atoms with van der Waals surface area (Å²) in [6, 6.07) is 5.53. The maximum absolute atomic E-state index is 5.91. The van der Waals surface area contributed by atoms with Crippen LogP contribution in [-0.4, -0.2) is 23.4 Å². The van der Waals surface area contributed by atoms with Gasteiger partial charge in [-0.05, 0) is 25.1 Å². The van der Waals surface area contributed by atoms with Gasteiger partial charge in [0, 0.05) is 23.7 Å². The van der Waals surface area contributed by atoms with E-state index in [0.29, 0.717) is 23.8 Å². The molecule has 1 aromatic carbocycles. The van der Waals surface area contributed by atoms with E-state index in [1.165, 1.54) is 0 Å². The molecule has 0 radical (unpaired) electrons. The molecule has 2 aromatic rings. The van der Waals surface area contributed by atoms with E-state index in [9.17, 15) is 0 Å². The molecule has 2 rings (SSSR count). The summed E-state index contributed by atoms with van der Waals surface area (Å²) in [7, 11) is 1.65. The van der Waals surface area contributed by atoms with E-state index in [-0.39, 0.29) is 6.10 Å². The fraction of sp³-hybridized carbons (Fsp3) is 0.333. The van der Waals surface area contributed by atoms with Crippen molar-refractivity contribution in [3.8, 4) is 11.5 Å². The topological polar surface area (TPSA) is 74.2 Å². The molecule has 0 saturated heterocycles. The second-order valence-electron chi connectivity index (χ2n) is 4.00. The van der Waals surface area contributed by atoms with E-state index in [0.717, 1.165) is 10.0 Å². The first-order chi connectivity index (χ1) is 8.60. The maximum Gasteiger partial charge on any atom is 0.260 e. The predicted octanol–water partition coefficient (Wildman–Crippen LogP) is 2.66. The molecule has 0 spiro atoms. The number of hydrogen-bond donors (Lipinski definition) is 1. The largest absolute Gasteiger partial charge is 0.398 e. The van der Waals surface area contributed by atoms with E-state index < -0.39 is 0 Å². The molecule has 6 heteroatoms. The number of methoxy groups -OCH3 is 1. The van der Waals surface area contributed by atoms with Crippen LogP contribution >= 0.6 is 15.9 Å². The first-order valence-corrected chi connectivity index (χ1v) is 6.30. The molecule has 0 amide bonds. The van der Waals surface area contributed by atoms with Gasteiger partial charge in [-0.1, -0.05) is 21.1 Å². The van der Waals surface area contributed by atoms with Crippen molar-refractivity contribution in [2.45, 2.75) is 19.4 Å². The van der Waals surface area contributed by atoms with E-state index in [1.807, 2.05) is 19.1 Å². The fourth-order valence-corrected chi connectivity index (χ4v) is 1.89. The summed E-state index contributed by atoms with van der Waals surface area (Å²) in [5.74, 6) is 1.04. The average Bonchev–Trinajstić information content (AvgIpc) is 2.77. The lowest BCUT2D eigenvalue weighted by Crippen LogP contribution is -2.09. The number of anilines is 1. The summed E-state index contributed by atoms with van der Waals surface area (Å²) >= 11 is 3.35. The molecule has 5 nitrogen and oxygen atoms in total. The molecule has 2 N–H and O–H groups in total. The monoisotopic (exact) mass is 311 g/mol. The standard InChI is InChI=1S/C12H14BrN3O2/c1-7(17-2)5-11-15-12(18-16-11)9-4-3-8(13)6-10(9)14/h3-4,6-7H,5,14H2,1-2H3. The number of halogens is 1. The van der Waals surface area contributed by atoms with Crippen molar-refractivity contribution < 1.29 is 9.26 Å². The second-order valence-corrected chi connectivity index (χ2v) is 4.91. The first-order valence-electron chi connectivity index (χ1n) is 5.51. The Bertz CT molecular complexity index is 542. The predicted molar refractivity (Wildman–Crippen MR) is 72.0 cm³/mol. The van der Waals surface area contributed by atoms with E-state index in [4.69, 9.17) is 15.0 Å². The highest BCUT2D eigenvalue weighted by Gasteiger charge is 2.13. The zero-order valence-electron chi connectivity index (χ0n) is 10.2. The van der Waals surface area contributed by atoms with Crippen LogP contribution in [-0.2, 0) is 11.2 Å². The molecule has 0 fully saturated rings. The van der Waals surface area contributed by atoms with Crippen LogP contribution in [0.1, 0.15) is 12.7 Å². The fourth-order valence-electron chi connectivity index (χ4n) is 1.52. The molecule has 0 aliphatic rings. The molecule has 1 atom stereocenters. The zero-order chi connectivity index (χ0) is 13.1. The molecule has 0 aliphatic heterocycles. The van der Waals surface area contributed by atoms with Crippen molar-refractivity contribution in [2.75, 3.05) is 12.8 Å². The van der Waals surface area contributed by atoms with Crippen LogP contribution in [0.4, 0.5) is 5.69 Å². The van der Waals surface area contributed by atoms with Crippen LogP contribution in [0.2, 0.25) is 0 Å². The van der Waals surface area contributed by atoms with Crippen molar-refractivity contribution in [2.24, 2.45) is 0 Å². The van der Waals surface area contributed by atoms with Gasteiger partial charge in [-0.25, -0.2) is 0 Å². The van der Waals surface area contributed by atoms with Crippen LogP contribution in [0.3, 0.4) is 0 Å². The Morgan fingerprint density at radius 1 is 1.50 bits per heavy atom. The highest BCUT2D eigenvalue weighted by Crippen LogP contribution is 2.27. The molecular weight excluding hydrogens is 298 g/mol. The van der Waals surface area contributed by atoms with Gasteiger partial charge in [0.1, 0.15) is 0 Å². The Kier molecular flexibility index (Phi) is 3.98. The van der Waals surface area contributed by atoms with Crippen molar-refractivity contribution in [3.63, 3.8) is 0 Å². The van der Waals surface area contributed by atoms with Gasteiger partial charge in [0.05, 0.1) is 11.7 Å². The third-order valence-corrected chi connectivity index (χ3v) is 3.08. The van der Waals surface area contributed by atoms with Gasteiger partial charge in [0.25, 0.3) is 5.89 Å². The van der Waals surface area contributed by atoms with Crippen LogP contribution in [0.15, 0.2) is 27.2 Å². The third-order valence-electron chi connectivity index (χ3n) is 2.58. The Morgan fingerprint density at radius 3 is 2.94 bits per heavy atom. The lowest BCUT2D eigenvalue weighted by molar-refractivity contribution is 0.116. The average molecular weight is 312 g/mol. The number of ether oxygens (including phenoxy) is 1. The number of aromatic nitrogens is 2. The smallest absolute Gasteiger partial charge is 0.260 e. The third kappa shape index (κ3) is 2.88. The minimum Gasteiger partial charge on any atom is -0.398 e. The molecule has 18 heavy (non-hydrogen) atoms. The van der Waals surface area contributed by atoms with Crippen molar-refractivity contribution >= 4 is 21.6 Å². The van der Waals surface area contributed by atoms with Crippen molar-refractivity contribution in [1.29, 1.82) is 0 Å². The quantitative estimate of drug-likeness (QED) is 0.879. The highest BCUT2D eigenvalue weighted by atomic mass is 79.9. The Morgan fingerprint density at radius 2 is 2.28 bits per heavy atom. The van der Waals surface area contributed by atoms with Crippen LogP contribution in [0.5, 0.6) is 0 Å². The van der Waals surface area contributed by atoms with Gasteiger partial charge in [0.2, 0.25) is 0 Å². The molecule has 1 heterocycles. The van der Waals surface area contributed by atoms with Gasteiger partial charge in [0.15, 0.2) is 5.82 Å². The summed E-state index contributed by atoms with van der Waals surface area (Å²) in [6.45, 7) is 1.95. The SMILES string of the molecule is COC(C)Cc1noc(-c2ccc(Br)cc2N)n1. The van der Waals surface area contributed by atoms with Gasteiger partial charge < -0.3 is 15.0 Å². The van der Waals surface area contributed by atoms with Gasteiger partial charge >= 0.3 is 0 Å². The highest BCUT2D eigenvalue weighted by molar-refractivity contribution is 9.10. The molecule has 1 unspecified atom stereocenters.